The van der Waals surface area contributed by atoms with E-state index in [1.807, 2.05) is 0 Å². The minimum Gasteiger partial charge on any atom is -0.504 e. The summed E-state index contributed by atoms with van der Waals surface area (Å²) in [5.74, 6) is 1.58. The zero-order valence-electron chi connectivity index (χ0n) is 20.2. The van der Waals surface area contributed by atoms with Gasteiger partial charge in [-0.3, -0.25) is 4.90 Å². The molecule has 1 saturated heterocycles. The number of aromatic nitrogens is 1. The summed E-state index contributed by atoms with van der Waals surface area (Å²) in [7, 11) is 0. The molecule has 0 unspecified atom stereocenters. The molecule has 1 aromatic heterocycles. The molecule has 1 spiro atoms. The highest BCUT2D eigenvalue weighted by atomic mass is 16.5. The van der Waals surface area contributed by atoms with Gasteiger partial charge < -0.3 is 19.9 Å². The summed E-state index contributed by atoms with van der Waals surface area (Å²) in [5, 5.41) is 23.8. The fourth-order valence-electron chi connectivity index (χ4n) is 8.15. The lowest BCUT2D eigenvalue weighted by Gasteiger charge is -2.62. The van der Waals surface area contributed by atoms with Crippen molar-refractivity contribution < 1.29 is 14.9 Å². The van der Waals surface area contributed by atoms with Crippen molar-refractivity contribution in [2.24, 2.45) is 5.92 Å². The topological polar surface area (TPSA) is 68.7 Å². The third kappa shape index (κ3) is 2.51. The molecule has 2 aliphatic heterocycles. The van der Waals surface area contributed by atoms with E-state index in [0.29, 0.717) is 12.2 Å². The van der Waals surface area contributed by atoms with Gasteiger partial charge in [0, 0.05) is 30.3 Å². The number of aromatic amines is 1. The van der Waals surface area contributed by atoms with Crippen LogP contribution in [-0.4, -0.2) is 44.8 Å². The van der Waals surface area contributed by atoms with Crippen LogP contribution in [0.3, 0.4) is 0 Å². The average molecular weight is 469 g/mol. The summed E-state index contributed by atoms with van der Waals surface area (Å²) in [6.45, 7) is 4.22. The van der Waals surface area contributed by atoms with Crippen LogP contribution in [0.15, 0.2) is 42.5 Å². The Bertz CT molecular complexity index is 1360. The van der Waals surface area contributed by atoms with E-state index >= 15 is 0 Å². The summed E-state index contributed by atoms with van der Waals surface area (Å²) in [5.41, 5.74) is 6.93. The summed E-state index contributed by atoms with van der Waals surface area (Å²) in [6.07, 6.45) is 5.48. The quantitative estimate of drug-likeness (QED) is 0.534. The summed E-state index contributed by atoms with van der Waals surface area (Å²) >= 11 is 0. The molecule has 2 fully saturated rings. The van der Waals surface area contributed by atoms with Gasteiger partial charge in [-0.15, -0.1) is 0 Å². The van der Waals surface area contributed by atoms with Crippen molar-refractivity contribution in [3.63, 3.8) is 0 Å². The number of aryl methyl sites for hydroxylation is 1. The Morgan fingerprint density at radius 1 is 1.14 bits per heavy atom. The summed E-state index contributed by atoms with van der Waals surface area (Å²) in [6, 6.07) is 14.5. The molecule has 5 heteroatoms. The maximum atomic E-state index is 12.9. The lowest BCUT2D eigenvalue weighted by atomic mass is 9.49. The lowest BCUT2D eigenvalue weighted by molar-refractivity contribution is -0.173. The van der Waals surface area contributed by atoms with Gasteiger partial charge in [0.05, 0.1) is 16.7 Å². The van der Waals surface area contributed by atoms with Crippen molar-refractivity contribution in [3.05, 3.63) is 81.7 Å². The zero-order valence-corrected chi connectivity index (χ0v) is 20.2. The zero-order chi connectivity index (χ0) is 23.5. The molecule has 180 valence electrons. The van der Waals surface area contributed by atoms with E-state index in [-0.39, 0.29) is 17.9 Å². The number of phenols is 1. The van der Waals surface area contributed by atoms with Crippen LogP contribution in [0.5, 0.6) is 11.5 Å². The largest absolute Gasteiger partial charge is 0.504 e. The highest BCUT2D eigenvalue weighted by Gasteiger charge is 2.73. The monoisotopic (exact) mass is 468 g/mol. The number of nitrogens with zero attached hydrogens (tertiary/aromatic N) is 1. The normalized spacial score (nSPS) is 32.2. The number of fused-ring (bicyclic) bond motifs is 2. The van der Waals surface area contributed by atoms with Crippen LogP contribution in [0.1, 0.15) is 64.6 Å². The molecular weight excluding hydrogens is 436 g/mol. The SMILES string of the molecule is Cc1[nH]c2c(c1Cc1ccccc1)C[C@@]1(O)[C@H]3Cc4ccc(O)c5c4[C@@]1(CCN3CC1CC1)[C@H]2O5. The van der Waals surface area contributed by atoms with Crippen molar-refractivity contribution >= 4 is 0 Å². The van der Waals surface area contributed by atoms with Gasteiger partial charge >= 0.3 is 0 Å². The van der Waals surface area contributed by atoms with Crippen LogP contribution in [0.2, 0.25) is 0 Å². The van der Waals surface area contributed by atoms with E-state index in [9.17, 15) is 10.2 Å². The number of aliphatic hydroxyl groups is 1. The molecule has 0 amide bonds. The van der Waals surface area contributed by atoms with E-state index in [4.69, 9.17) is 4.74 Å². The lowest BCUT2D eigenvalue weighted by Crippen LogP contribution is -2.74. The van der Waals surface area contributed by atoms with Crippen LogP contribution < -0.4 is 4.74 Å². The second kappa shape index (κ2) is 6.71. The highest BCUT2D eigenvalue weighted by Crippen LogP contribution is 2.69. The fourth-order valence-corrected chi connectivity index (χ4v) is 8.15. The number of phenolic OH excluding ortho intramolecular Hbond substituents is 1. The summed E-state index contributed by atoms with van der Waals surface area (Å²) in [4.78, 5) is 6.30. The van der Waals surface area contributed by atoms with Gasteiger partial charge in [0.2, 0.25) is 0 Å². The molecule has 3 N–H and O–H groups in total. The van der Waals surface area contributed by atoms with Crippen molar-refractivity contribution in [1.29, 1.82) is 0 Å². The predicted molar refractivity (Wildman–Crippen MR) is 133 cm³/mol. The van der Waals surface area contributed by atoms with E-state index in [1.54, 1.807) is 6.07 Å². The number of likely N-dealkylation sites (tertiary alicyclic amines) is 1. The number of piperidine rings is 1. The third-order valence-corrected chi connectivity index (χ3v) is 9.91. The number of hydrogen-bond acceptors (Lipinski definition) is 4. The number of benzene rings is 2. The van der Waals surface area contributed by atoms with Gasteiger partial charge in [-0.1, -0.05) is 36.4 Å². The Labute approximate surface area is 205 Å². The van der Waals surface area contributed by atoms with E-state index in [0.717, 1.165) is 55.2 Å². The first-order valence-corrected chi connectivity index (χ1v) is 13.2. The molecule has 3 aromatic rings. The van der Waals surface area contributed by atoms with Gasteiger partial charge in [-0.2, -0.15) is 0 Å². The Kier molecular flexibility index (Phi) is 3.92. The second-order valence-electron chi connectivity index (χ2n) is 11.7. The maximum Gasteiger partial charge on any atom is 0.166 e. The van der Waals surface area contributed by atoms with Gasteiger partial charge in [-0.05, 0) is 79.8 Å². The van der Waals surface area contributed by atoms with Crippen LogP contribution >= 0.6 is 0 Å². The fraction of sp³-hybridized carbons (Fsp3) is 0.467. The van der Waals surface area contributed by atoms with Crippen molar-refractivity contribution in [3.8, 4) is 11.5 Å². The number of H-pyrrole nitrogens is 1. The Morgan fingerprint density at radius 3 is 2.77 bits per heavy atom. The standard InChI is InChI=1S/C30H32N2O3/c1-17-21(13-18-5-3-2-4-6-18)22-15-30(34)24-14-20-9-10-23(33)27-25(20)29(30,28(35-27)26(22)31-17)11-12-32(24)16-19-7-8-19/h2-6,9-10,19,24,28,31,33-34H,7-8,11-16H2,1H3/t24-,28+,29+,30-/m1/s1. The molecule has 2 bridgehead atoms. The molecule has 3 heterocycles. The van der Waals surface area contributed by atoms with Crippen molar-refractivity contribution in [1.82, 2.24) is 9.88 Å². The Balaban J connectivity index is 1.33. The minimum absolute atomic E-state index is 0.0684. The molecule has 2 aromatic carbocycles. The average Bonchev–Trinajstić information content (AvgIpc) is 3.52. The molecule has 0 radical (unpaired) electrons. The van der Waals surface area contributed by atoms with Gasteiger partial charge in [0.15, 0.2) is 17.6 Å². The Hall–Kier alpha value is -2.76. The van der Waals surface area contributed by atoms with Gasteiger partial charge in [-0.25, -0.2) is 0 Å². The molecule has 5 nitrogen and oxygen atoms in total. The van der Waals surface area contributed by atoms with E-state index in [2.05, 4.69) is 53.2 Å². The number of hydrogen-bond donors (Lipinski definition) is 3. The highest BCUT2D eigenvalue weighted by molar-refractivity contribution is 5.65. The molecule has 3 aliphatic carbocycles. The first kappa shape index (κ1) is 20.4. The second-order valence-corrected chi connectivity index (χ2v) is 11.7. The van der Waals surface area contributed by atoms with Crippen molar-refractivity contribution in [2.75, 3.05) is 13.1 Å². The number of nitrogens with one attached hydrogen (secondary N) is 1. The van der Waals surface area contributed by atoms with Crippen molar-refractivity contribution in [2.45, 2.75) is 68.6 Å². The Morgan fingerprint density at radius 2 is 1.97 bits per heavy atom. The molecule has 4 atom stereocenters. The maximum absolute atomic E-state index is 12.9. The molecular formula is C30H32N2O3. The number of aromatic hydroxyl groups is 1. The van der Waals surface area contributed by atoms with Gasteiger partial charge in [0.25, 0.3) is 0 Å². The smallest absolute Gasteiger partial charge is 0.166 e. The van der Waals surface area contributed by atoms with Crippen LogP contribution in [0.4, 0.5) is 0 Å². The molecule has 8 rings (SSSR count). The number of rotatable bonds is 4. The van der Waals surface area contributed by atoms with Crippen LogP contribution in [-0.2, 0) is 24.7 Å². The molecule has 1 saturated carbocycles. The van der Waals surface area contributed by atoms with E-state index in [1.165, 1.54) is 35.1 Å². The first-order chi connectivity index (χ1) is 17.0. The first-order valence-electron chi connectivity index (χ1n) is 13.2. The van der Waals surface area contributed by atoms with Crippen LogP contribution in [0.25, 0.3) is 0 Å². The third-order valence-electron chi connectivity index (χ3n) is 9.91. The minimum atomic E-state index is -0.927. The molecule has 35 heavy (non-hydrogen) atoms. The molecule has 5 aliphatic rings. The summed E-state index contributed by atoms with van der Waals surface area (Å²) < 4.78 is 6.69. The van der Waals surface area contributed by atoms with Crippen LogP contribution in [0, 0.1) is 12.8 Å². The van der Waals surface area contributed by atoms with E-state index < -0.39 is 11.0 Å². The number of ether oxygens (including phenoxy) is 1. The van der Waals surface area contributed by atoms with Gasteiger partial charge in [0.1, 0.15) is 0 Å². The predicted octanol–water partition coefficient (Wildman–Crippen LogP) is 4.32.